The molecule has 9 nitrogen and oxygen atoms in total. The standard InChI is InChI=1S/C19H17N7O2/c20-17-5-8-25(19(28)23-17)9-7-22-18(27)13-3-4-16-14(10-13)12-26(24-16)15-2-1-6-21-11-15/h1-6,8,10-12H,7,9H2,(H,22,27)(H2,20,23,28). The zero-order chi connectivity index (χ0) is 19.5. The maximum absolute atomic E-state index is 12.4. The molecule has 3 heterocycles. The predicted octanol–water partition coefficient (Wildman–Crippen LogP) is 0.989. The SMILES string of the molecule is Nc1ccn(CCNC(=O)c2ccc3nn(-c4cccnc4)cc3c2)c(=O)n1. The smallest absolute Gasteiger partial charge is 0.349 e. The molecule has 0 fully saturated rings. The van der Waals surface area contributed by atoms with Crippen molar-refractivity contribution in [1.82, 2.24) is 29.6 Å². The number of carbonyl (C=O) groups excluding carboxylic acids is 1. The van der Waals surface area contributed by atoms with Crippen LogP contribution in [0.5, 0.6) is 0 Å². The highest BCUT2D eigenvalue weighted by Gasteiger charge is 2.09. The van der Waals surface area contributed by atoms with Crippen LogP contribution in [0.15, 0.2) is 66.0 Å². The van der Waals surface area contributed by atoms with Gasteiger partial charge in [0, 0.05) is 42.6 Å². The molecule has 0 radical (unpaired) electrons. The van der Waals surface area contributed by atoms with Crippen molar-refractivity contribution >= 4 is 22.6 Å². The van der Waals surface area contributed by atoms with Crippen molar-refractivity contribution in [3.8, 4) is 5.69 Å². The van der Waals surface area contributed by atoms with E-state index in [4.69, 9.17) is 5.73 Å². The minimum absolute atomic E-state index is 0.172. The van der Waals surface area contributed by atoms with Gasteiger partial charge in [-0.3, -0.25) is 14.3 Å². The van der Waals surface area contributed by atoms with E-state index in [1.54, 1.807) is 41.5 Å². The van der Waals surface area contributed by atoms with Gasteiger partial charge in [0.25, 0.3) is 5.91 Å². The molecule has 1 amide bonds. The molecule has 1 aromatic carbocycles. The van der Waals surface area contributed by atoms with Crippen LogP contribution in [0.3, 0.4) is 0 Å². The summed E-state index contributed by atoms with van der Waals surface area (Å²) in [5.74, 6) is -0.0575. The molecule has 0 atom stereocenters. The Morgan fingerprint density at radius 2 is 2.11 bits per heavy atom. The first-order valence-corrected chi connectivity index (χ1v) is 8.61. The molecule has 140 valence electrons. The van der Waals surface area contributed by atoms with Crippen LogP contribution in [0.4, 0.5) is 5.82 Å². The Hall–Kier alpha value is -4.01. The number of rotatable bonds is 5. The van der Waals surface area contributed by atoms with E-state index < -0.39 is 5.69 Å². The minimum atomic E-state index is -0.446. The average molecular weight is 375 g/mol. The van der Waals surface area contributed by atoms with Crippen LogP contribution in [0, 0.1) is 0 Å². The number of nitrogens with two attached hydrogens (primary N) is 1. The van der Waals surface area contributed by atoms with Crippen LogP contribution in [0.1, 0.15) is 10.4 Å². The van der Waals surface area contributed by atoms with Crippen molar-refractivity contribution in [2.24, 2.45) is 0 Å². The second kappa shape index (κ2) is 7.31. The molecule has 0 spiro atoms. The summed E-state index contributed by atoms with van der Waals surface area (Å²) in [6.45, 7) is 0.594. The topological polar surface area (TPSA) is 121 Å². The lowest BCUT2D eigenvalue weighted by atomic mass is 10.1. The van der Waals surface area contributed by atoms with Crippen molar-refractivity contribution in [2.45, 2.75) is 6.54 Å². The molecule has 0 aliphatic carbocycles. The third-order valence-corrected chi connectivity index (χ3v) is 4.21. The van der Waals surface area contributed by atoms with Gasteiger partial charge in [-0.25, -0.2) is 9.48 Å². The Bertz CT molecular complexity index is 1200. The number of hydrogen-bond donors (Lipinski definition) is 2. The van der Waals surface area contributed by atoms with Gasteiger partial charge in [0.05, 0.1) is 17.4 Å². The Morgan fingerprint density at radius 1 is 1.21 bits per heavy atom. The maximum Gasteiger partial charge on any atom is 0.349 e. The van der Waals surface area contributed by atoms with E-state index in [9.17, 15) is 9.59 Å². The number of fused-ring (bicyclic) bond motifs is 1. The van der Waals surface area contributed by atoms with Gasteiger partial charge in [0.2, 0.25) is 0 Å². The molecule has 4 aromatic rings. The molecule has 0 aliphatic heterocycles. The molecule has 9 heteroatoms. The molecule has 3 N–H and O–H groups in total. The number of aromatic nitrogens is 5. The molecule has 0 saturated carbocycles. The first kappa shape index (κ1) is 17.4. The highest BCUT2D eigenvalue weighted by atomic mass is 16.2. The quantitative estimate of drug-likeness (QED) is 0.537. The summed E-state index contributed by atoms with van der Waals surface area (Å²) < 4.78 is 3.11. The van der Waals surface area contributed by atoms with Gasteiger partial charge < -0.3 is 11.1 Å². The Balaban J connectivity index is 1.46. The molecule has 0 aliphatic rings. The molecule has 4 rings (SSSR count). The zero-order valence-electron chi connectivity index (χ0n) is 14.8. The molecular weight excluding hydrogens is 358 g/mol. The molecule has 28 heavy (non-hydrogen) atoms. The number of carbonyl (C=O) groups is 1. The lowest BCUT2D eigenvalue weighted by Crippen LogP contribution is -2.31. The molecule has 0 saturated heterocycles. The van der Waals surface area contributed by atoms with E-state index in [-0.39, 0.29) is 18.3 Å². The number of hydrogen-bond acceptors (Lipinski definition) is 6. The Labute approximate surface area is 159 Å². The van der Waals surface area contributed by atoms with Crippen molar-refractivity contribution in [3.63, 3.8) is 0 Å². The van der Waals surface area contributed by atoms with Crippen LogP contribution in [0.2, 0.25) is 0 Å². The first-order valence-electron chi connectivity index (χ1n) is 8.61. The van der Waals surface area contributed by atoms with Gasteiger partial charge in [-0.05, 0) is 36.4 Å². The maximum atomic E-state index is 12.4. The largest absolute Gasteiger partial charge is 0.383 e. The third-order valence-electron chi connectivity index (χ3n) is 4.21. The van der Waals surface area contributed by atoms with E-state index in [1.165, 1.54) is 10.6 Å². The number of anilines is 1. The van der Waals surface area contributed by atoms with Crippen LogP contribution in [-0.4, -0.2) is 36.8 Å². The van der Waals surface area contributed by atoms with Gasteiger partial charge in [-0.15, -0.1) is 0 Å². The number of nitrogens with one attached hydrogen (secondary N) is 1. The van der Waals surface area contributed by atoms with E-state index in [1.807, 2.05) is 18.3 Å². The fraction of sp³-hybridized carbons (Fsp3) is 0.105. The molecule has 0 bridgehead atoms. The minimum Gasteiger partial charge on any atom is -0.383 e. The van der Waals surface area contributed by atoms with E-state index in [0.717, 1.165) is 16.6 Å². The number of nitrogens with zero attached hydrogens (tertiary/aromatic N) is 5. The monoisotopic (exact) mass is 375 g/mol. The van der Waals surface area contributed by atoms with Gasteiger partial charge in [-0.2, -0.15) is 10.1 Å². The van der Waals surface area contributed by atoms with Crippen LogP contribution < -0.4 is 16.7 Å². The normalized spacial score (nSPS) is 10.9. The van der Waals surface area contributed by atoms with Crippen molar-refractivity contribution < 1.29 is 4.79 Å². The van der Waals surface area contributed by atoms with Crippen LogP contribution in [-0.2, 0) is 6.54 Å². The summed E-state index contributed by atoms with van der Waals surface area (Å²) in [5, 5.41) is 8.13. The summed E-state index contributed by atoms with van der Waals surface area (Å²) in [5.41, 5.74) is 7.15. The van der Waals surface area contributed by atoms with Gasteiger partial charge in [0.1, 0.15) is 5.82 Å². The number of nitrogen functional groups attached to an aromatic ring is 1. The number of amides is 1. The summed E-state index contributed by atoms with van der Waals surface area (Å²) >= 11 is 0. The first-order chi connectivity index (χ1) is 13.6. The van der Waals surface area contributed by atoms with E-state index in [2.05, 4.69) is 20.4 Å². The molecule has 3 aromatic heterocycles. The number of benzene rings is 1. The second-order valence-corrected chi connectivity index (χ2v) is 6.14. The van der Waals surface area contributed by atoms with Crippen LogP contribution >= 0.6 is 0 Å². The summed E-state index contributed by atoms with van der Waals surface area (Å²) in [6, 6.07) is 10.6. The van der Waals surface area contributed by atoms with E-state index in [0.29, 0.717) is 12.1 Å². The zero-order valence-corrected chi connectivity index (χ0v) is 14.8. The lowest BCUT2D eigenvalue weighted by molar-refractivity contribution is 0.0952. The van der Waals surface area contributed by atoms with Crippen molar-refractivity contribution in [2.75, 3.05) is 12.3 Å². The lowest BCUT2D eigenvalue weighted by Gasteiger charge is -2.07. The van der Waals surface area contributed by atoms with Gasteiger partial charge >= 0.3 is 5.69 Å². The second-order valence-electron chi connectivity index (χ2n) is 6.14. The highest BCUT2D eigenvalue weighted by molar-refractivity contribution is 5.97. The third kappa shape index (κ3) is 3.58. The van der Waals surface area contributed by atoms with Crippen LogP contribution in [0.25, 0.3) is 16.6 Å². The Morgan fingerprint density at radius 3 is 2.89 bits per heavy atom. The predicted molar refractivity (Wildman–Crippen MR) is 104 cm³/mol. The summed E-state index contributed by atoms with van der Waals surface area (Å²) in [7, 11) is 0. The highest BCUT2D eigenvalue weighted by Crippen LogP contribution is 2.17. The number of pyridine rings is 1. The van der Waals surface area contributed by atoms with Gasteiger partial charge in [-0.1, -0.05) is 0 Å². The fourth-order valence-corrected chi connectivity index (χ4v) is 2.79. The summed E-state index contributed by atoms with van der Waals surface area (Å²) in [6.07, 6.45) is 6.82. The summed E-state index contributed by atoms with van der Waals surface area (Å²) in [4.78, 5) is 31.9. The van der Waals surface area contributed by atoms with Gasteiger partial charge in [0.15, 0.2) is 0 Å². The fourth-order valence-electron chi connectivity index (χ4n) is 2.79. The van der Waals surface area contributed by atoms with Crippen molar-refractivity contribution in [3.05, 3.63) is 77.2 Å². The average Bonchev–Trinajstić information content (AvgIpc) is 3.13. The Kier molecular flexibility index (Phi) is 4.55. The van der Waals surface area contributed by atoms with E-state index >= 15 is 0 Å². The molecular formula is C19H17N7O2. The molecule has 0 unspecified atom stereocenters. The van der Waals surface area contributed by atoms with Crippen molar-refractivity contribution in [1.29, 1.82) is 0 Å².